The summed E-state index contributed by atoms with van der Waals surface area (Å²) in [5, 5.41) is 0. The second-order valence-electron chi connectivity index (χ2n) is 6.77. The zero-order valence-electron chi connectivity index (χ0n) is 16.1. The van der Waals surface area contributed by atoms with Crippen LogP contribution in [0.1, 0.15) is 11.5 Å². The molecule has 1 aliphatic rings. The molecule has 1 fully saturated rings. The van der Waals surface area contributed by atoms with Crippen LogP contribution in [0.5, 0.6) is 0 Å². The van der Waals surface area contributed by atoms with Crippen molar-refractivity contribution in [3.63, 3.8) is 0 Å². The van der Waals surface area contributed by atoms with Gasteiger partial charge in [0.2, 0.25) is 11.7 Å². The lowest BCUT2D eigenvalue weighted by Gasteiger charge is -2.28. The Morgan fingerprint density at radius 1 is 1.00 bits per heavy atom. The van der Waals surface area contributed by atoms with E-state index in [2.05, 4.69) is 0 Å². The third-order valence-electron chi connectivity index (χ3n) is 4.70. The highest BCUT2D eigenvalue weighted by atomic mass is 32.2. The summed E-state index contributed by atoms with van der Waals surface area (Å²) in [7, 11) is -1.28. The molecule has 29 heavy (non-hydrogen) atoms. The largest absolute Gasteiger partial charge is 0.304 e. The van der Waals surface area contributed by atoms with Crippen LogP contribution in [0, 0.1) is 0 Å². The van der Waals surface area contributed by atoms with Crippen LogP contribution in [-0.2, 0) is 24.6 Å². The van der Waals surface area contributed by atoms with E-state index in [0.29, 0.717) is 5.56 Å². The average molecular weight is 415 g/mol. The highest BCUT2D eigenvalue weighted by molar-refractivity contribution is 7.90. The number of carbonyl (C=O) groups is 3. The number of likely N-dealkylation sites (tertiary alicyclic amines) is 1. The maximum Gasteiger partial charge on any atom is 0.304 e. The first-order valence-electron chi connectivity index (χ1n) is 8.92. The number of hydrogen-bond donors (Lipinski definition) is 0. The van der Waals surface area contributed by atoms with E-state index in [4.69, 9.17) is 0 Å². The average Bonchev–Trinajstić information content (AvgIpc) is 3.02. The monoisotopic (exact) mass is 415 g/mol. The molecule has 0 N–H and O–H groups in total. The third-order valence-corrected chi connectivity index (χ3v) is 6.52. The van der Waals surface area contributed by atoms with Gasteiger partial charge in [0.15, 0.2) is 0 Å². The summed E-state index contributed by atoms with van der Waals surface area (Å²) in [5.74, 6) is -3.09. The van der Waals surface area contributed by atoms with Gasteiger partial charge < -0.3 is 0 Å². The molecule has 1 saturated heterocycles. The minimum atomic E-state index is -3.99. The fourth-order valence-electron chi connectivity index (χ4n) is 3.09. The molecule has 0 aromatic heterocycles. The molecule has 0 spiro atoms. The van der Waals surface area contributed by atoms with Crippen molar-refractivity contribution in [1.29, 1.82) is 0 Å². The molecule has 0 saturated carbocycles. The topological polar surface area (TPSA) is 95.1 Å². The quantitative estimate of drug-likeness (QED) is 0.657. The van der Waals surface area contributed by atoms with Crippen molar-refractivity contribution >= 4 is 33.5 Å². The molecule has 0 bridgehead atoms. The van der Waals surface area contributed by atoms with Gasteiger partial charge in [-0.2, -0.15) is 12.7 Å². The van der Waals surface area contributed by atoms with E-state index in [-0.39, 0.29) is 12.2 Å². The minimum absolute atomic E-state index is 0.106. The first-order valence-corrected chi connectivity index (χ1v) is 10.3. The van der Waals surface area contributed by atoms with Crippen molar-refractivity contribution in [1.82, 2.24) is 9.21 Å². The van der Waals surface area contributed by atoms with E-state index in [1.165, 1.54) is 14.1 Å². The lowest BCUT2D eigenvalue weighted by molar-refractivity contribution is -0.146. The Morgan fingerprint density at radius 3 is 2.10 bits per heavy atom. The van der Waals surface area contributed by atoms with Crippen molar-refractivity contribution in [2.75, 3.05) is 31.5 Å². The number of amides is 2. The highest BCUT2D eigenvalue weighted by Crippen LogP contribution is 2.26. The summed E-state index contributed by atoms with van der Waals surface area (Å²) in [5.41, 5.74) is 0.925. The molecule has 9 heteroatoms. The van der Waals surface area contributed by atoms with Gasteiger partial charge in [0.05, 0.1) is 11.6 Å². The summed E-state index contributed by atoms with van der Waals surface area (Å²) in [6, 6.07) is 16.8. The van der Waals surface area contributed by atoms with Crippen molar-refractivity contribution in [2.45, 2.75) is 5.92 Å². The molecule has 1 atom stereocenters. The number of rotatable bonds is 6. The van der Waals surface area contributed by atoms with E-state index >= 15 is 0 Å². The summed E-state index contributed by atoms with van der Waals surface area (Å²) >= 11 is 0. The second-order valence-corrected chi connectivity index (χ2v) is 8.84. The molecule has 2 aromatic carbocycles. The van der Waals surface area contributed by atoms with Crippen molar-refractivity contribution < 1.29 is 22.8 Å². The van der Waals surface area contributed by atoms with Gasteiger partial charge in [-0.1, -0.05) is 48.5 Å². The molecule has 0 aliphatic carbocycles. The molecule has 8 nitrogen and oxygen atoms in total. The van der Waals surface area contributed by atoms with E-state index < -0.39 is 40.3 Å². The van der Waals surface area contributed by atoms with Crippen LogP contribution in [0.3, 0.4) is 0 Å². The fraction of sp³-hybridized carbons (Fsp3) is 0.250. The van der Waals surface area contributed by atoms with Gasteiger partial charge in [0.25, 0.3) is 5.91 Å². The van der Waals surface area contributed by atoms with Crippen LogP contribution >= 0.6 is 0 Å². The predicted octanol–water partition coefficient (Wildman–Crippen LogP) is 1.02. The third kappa shape index (κ3) is 4.06. The number of carbonyl (C=O) groups excluding carboxylic acids is 3. The zero-order valence-corrected chi connectivity index (χ0v) is 16.9. The minimum Gasteiger partial charge on any atom is -0.288 e. The Hall–Kier alpha value is -3.04. The molecule has 0 unspecified atom stereocenters. The number of hydrogen-bond acceptors (Lipinski definition) is 5. The van der Waals surface area contributed by atoms with Crippen molar-refractivity contribution in [3.8, 4) is 0 Å². The number of benzene rings is 2. The summed E-state index contributed by atoms with van der Waals surface area (Å²) in [6.07, 6.45) is 0. The number of anilines is 1. The first kappa shape index (κ1) is 20.7. The van der Waals surface area contributed by atoms with Gasteiger partial charge in [-0.05, 0) is 17.7 Å². The lowest BCUT2D eigenvalue weighted by Crippen LogP contribution is -2.47. The SMILES string of the molecule is CN(C)S(=O)(=O)N(CC(=O)N1C[C@H](c2ccccc2)C(=O)C1=O)c1ccccc1. The summed E-state index contributed by atoms with van der Waals surface area (Å²) in [4.78, 5) is 38.5. The lowest BCUT2D eigenvalue weighted by atomic mass is 9.97. The van der Waals surface area contributed by atoms with Crippen molar-refractivity contribution in [2.24, 2.45) is 0 Å². The van der Waals surface area contributed by atoms with Gasteiger partial charge in [-0.25, -0.2) is 4.31 Å². The zero-order chi connectivity index (χ0) is 21.2. The molecular weight excluding hydrogens is 394 g/mol. The van der Waals surface area contributed by atoms with E-state index in [0.717, 1.165) is 13.5 Å². The fourth-order valence-corrected chi connectivity index (χ4v) is 4.15. The first-order chi connectivity index (χ1) is 13.7. The number of imide groups is 1. The number of Topliss-reactive ketones (excluding diaryl/α,β-unsaturated/α-hetero) is 1. The Labute approximate surface area is 169 Å². The summed E-state index contributed by atoms with van der Waals surface area (Å²) in [6.45, 7) is -0.698. The molecule has 2 aromatic rings. The second kappa shape index (κ2) is 8.14. The molecule has 1 heterocycles. The molecule has 0 radical (unpaired) electrons. The molecule has 2 amide bonds. The van der Waals surface area contributed by atoms with E-state index in [1.54, 1.807) is 60.7 Å². The van der Waals surface area contributed by atoms with Gasteiger partial charge >= 0.3 is 10.2 Å². The van der Waals surface area contributed by atoms with Gasteiger partial charge in [0.1, 0.15) is 6.54 Å². The number of para-hydroxylation sites is 1. The number of ketones is 1. The maximum absolute atomic E-state index is 12.9. The van der Waals surface area contributed by atoms with Gasteiger partial charge in [-0.15, -0.1) is 0 Å². The predicted molar refractivity (Wildman–Crippen MR) is 107 cm³/mol. The molecular formula is C20H21N3O5S. The maximum atomic E-state index is 12.9. The van der Waals surface area contributed by atoms with Crippen LogP contribution < -0.4 is 4.31 Å². The van der Waals surface area contributed by atoms with E-state index in [1.807, 2.05) is 0 Å². The van der Waals surface area contributed by atoms with Crippen LogP contribution in [0.25, 0.3) is 0 Å². The molecule has 1 aliphatic heterocycles. The van der Waals surface area contributed by atoms with Gasteiger partial charge in [0, 0.05) is 20.6 Å². The Morgan fingerprint density at radius 2 is 1.55 bits per heavy atom. The van der Waals surface area contributed by atoms with Crippen LogP contribution in [0.4, 0.5) is 5.69 Å². The summed E-state index contributed by atoms with van der Waals surface area (Å²) < 4.78 is 27.4. The normalized spacial score (nSPS) is 17.1. The van der Waals surface area contributed by atoms with Crippen LogP contribution in [0.15, 0.2) is 60.7 Å². The van der Waals surface area contributed by atoms with Crippen molar-refractivity contribution in [3.05, 3.63) is 66.2 Å². The smallest absolute Gasteiger partial charge is 0.288 e. The standard InChI is InChI=1S/C20H21N3O5S/c1-21(2)29(27,28)23(16-11-7-4-8-12-16)14-18(24)22-13-17(19(25)20(22)26)15-9-5-3-6-10-15/h3-12,17H,13-14H2,1-2H3/t17-/m1/s1. The van der Waals surface area contributed by atoms with Crippen LogP contribution in [0.2, 0.25) is 0 Å². The molecule has 152 valence electrons. The Balaban J connectivity index is 1.87. The van der Waals surface area contributed by atoms with Crippen LogP contribution in [-0.4, -0.2) is 62.4 Å². The van der Waals surface area contributed by atoms with E-state index in [9.17, 15) is 22.8 Å². The Kier molecular flexibility index (Phi) is 5.81. The Bertz CT molecular complexity index is 1020. The molecule has 3 rings (SSSR count). The highest BCUT2D eigenvalue weighted by Gasteiger charge is 2.43. The van der Waals surface area contributed by atoms with Gasteiger partial charge in [-0.3, -0.25) is 19.3 Å². The number of nitrogens with zero attached hydrogens (tertiary/aromatic N) is 3.